The van der Waals surface area contributed by atoms with E-state index in [1.165, 1.54) is 153 Å². The highest BCUT2D eigenvalue weighted by atomic mass is 14.3. The maximum atomic E-state index is 2.44. The van der Waals surface area contributed by atoms with Crippen molar-refractivity contribution in [2.45, 2.75) is 41.5 Å². The molecule has 0 heteroatoms. The quantitative estimate of drug-likeness (QED) is 0.131. The van der Waals surface area contributed by atoms with E-state index in [4.69, 9.17) is 0 Å². The van der Waals surface area contributed by atoms with Crippen LogP contribution < -0.4 is 0 Å². The highest BCUT2D eigenvalue weighted by molar-refractivity contribution is 6.55. The summed E-state index contributed by atoms with van der Waals surface area (Å²) < 4.78 is 0. The van der Waals surface area contributed by atoms with Crippen molar-refractivity contribution >= 4 is 97.0 Å². The summed E-state index contributed by atoms with van der Waals surface area (Å²) in [6, 6.07) is 38.3. The molecule has 0 bridgehead atoms. The van der Waals surface area contributed by atoms with Crippen LogP contribution in [0, 0.1) is 41.5 Å². The van der Waals surface area contributed by atoms with Crippen LogP contribution in [0.25, 0.3) is 119 Å². The van der Waals surface area contributed by atoms with Crippen LogP contribution in [0.3, 0.4) is 0 Å². The zero-order valence-corrected chi connectivity index (χ0v) is 29.2. The van der Waals surface area contributed by atoms with Crippen molar-refractivity contribution < 1.29 is 0 Å². The fourth-order valence-electron chi connectivity index (χ4n) is 11.1. The van der Waals surface area contributed by atoms with E-state index in [2.05, 4.69) is 139 Å². The lowest BCUT2D eigenvalue weighted by molar-refractivity contribution is 1.33. The highest BCUT2D eigenvalue weighted by Gasteiger charge is 2.30. The largest absolute Gasteiger partial charge is 0.0557 e. The molecule has 0 unspecified atom stereocenters. The summed E-state index contributed by atoms with van der Waals surface area (Å²) in [6.45, 7) is 13.7. The van der Waals surface area contributed by atoms with Gasteiger partial charge in [0.25, 0.3) is 0 Å². The van der Waals surface area contributed by atoms with Crippen molar-refractivity contribution in [1.82, 2.24) is 0 Å². The van der Waals surface area contributed by atoms with E-state index in [1.807, 2.05) is 0 Å². The van der Waals surface area contributed by atoms with Crippen LogP contribution in [0.2, 0.25) is 0 Å². The molecule has 0 aliphatic carbocycles. The third-order valence-electron chi connectivity index (χ3n) is 12.5. The molecule has 0 aromatic heterocycles. The lowest BCUT2D eigenvalue weighted by Gasteiger charge is -2.29. The Balaban J connectivity index is 1.49. The van der Waals surface area contributed by atoms with Crippen molar-refractivity contribution in [3.63, 3.8) is 0 Å². The molecule has 0 heterocycles. The SMILES string of the molecule is Cc1cc(C)c(-c2c3ccc4ccc5ccc6c(-c7c(C)cc(C)cc7C)c7ccc8ccc9ccc2c2c9c8c7c7c6c5c4c3c27)c(C)c1. The first-order chi connectivity index (χ1) is 24.3. The fraction of sp³-hybridized carbons (Fsp3) is 0.120. The van der Waals surface area contributed by atoms with Crippen LogP contribution in [0.1, 0.15) is 33.4 Å². The summed E-state index contributed by atoms with van der Waals surface area (Å²) >= 11 is 0. The van der Waals surface area contributed by atoms with Gasteiger partial charge in [-0.15, -0.1) is 0 Å². The molecule has 12 rings (SSSR count). The van der Waals surface area contributed by atoms with E-state index in [9.17, 15) is 0 Å². The molecule has 0 aliphatic rings. The molecule has 12 aromatic rings. The number of hydrogen-bond acceptors (Lipinski definition) is 0. The Kier molecular flexibility index (Phi) is 4.72. The average molecular weight is 635 g/mol. The third-order valence-corrected chi connectivity index (χ3v) is 12.5. The van der Waals surface area contributed by atoms with E-state index < -0.39 is 0 Å². The Morgan fingerprint density at radius 3 is 0.740 bits per heavy atom. The maximum absolute atomic E-state index is 2.44. The molecular formula is C50H34. The van der Waals surface area contributed by atoms with Crippen LogP contribution in [-0.4, -0.2) is 0 Å². The van der Waals surface area contributed by atoms with Crippen molar-refractivity contribution in [3.05, 3.63) is 130 Å². The van der Waals surface area contributed by atoms with E-state index in [-0.39, 0.29) is 0 Å². The topological polar surface area (TPSA) is 0 Å². The van der Waals surface area contributed by atoms with Crippen molar-refractivity contribution in [3.8, 4) is 22.3 Å². The van der Waals surface area contributed by atoms with Gasteiger partial charge in [0, 0.05) is 0 Å². The third kappa shape index (κ3) is 2.95. The molecule has 0 saturated heterocycles. The van der Waals surface area contributed by atoms with Gasteiger partial charge < -0.3 is 0 Å². The van der Waals surface area contributed by atoms with Gasteiger partial charge in [0.1, 0.15) is 0 Å². The summed E-state index contributed by atoms with van der Waals surface area (Å²) in [5, 5.41) is 25.1. The average Bonchev–Trinajstić information content (AvgIpc) is 3.09. The van der Waals surface area contributed by atoms with Gasteiger partial charge in [-0.1, -0.05) is 108 Å². The number of aryl methyl sites for hydroxylation is 6. The van der Waals surface area contributed by atoms with Gasteiger partial charge in [0.2, 0.25) is 0 Å². The van der Waals surface area contributed by atoms with Crippen LogP contribution in [0.5, 0.6) is 0 Å². The lowest BCUT2D eigenvalue weighted by Crippen LogP contribution is -2.01. The zero-order valence-electron chi connectivity index (χ0n) is 29.2. The van der Waals surface area contributed by atoms with Crippen LogP contribution >= 0.6 is 0 Å². The van der Waals surface area contributed by atoms with Crippen LogP contribution in [0.15, 0.2) is 97.1 Å². The Morgan fingerprint density at radius 2 is 0.480 bits per heavy atom. The summed E-state index contributed by atoms with van der Waals surface area (Å²) in [4.78, 5) is 0. The van der Waals surface area contributed by atoms with Gasteiger partial charge in [-0.25, -0.2) is 0 Å². The zero-order chi connectivity index (χ0) is 33.5. The normalized spacial score (nSPS) is 13.0. The summed E-state index contributed by atoms with van der Waals surface area (Å²) in [5.74, 6) is 0. The Bertz CT molecular complexity index is 2970. The minimum absolute atomic E-state index is 1.32. The molecule has 0 N–H and O–H groups in total. The molecule has 50 heavy (non-hydrogen) atoms. The molecule has 234 valence electrons. The predicted molar refractivity (Wildman–Crippen MR) is 219 cm³/mol. The van der Waals surface area contributed by atoms with E-state index in [1.54, 1.807) is 0 Å². The highest BCUT2D eigenvalue weighted by Crippen LogP contribution is 2.59. The van der Waals surface area contributed by atoms with E-state index in [0.717, 1.165) is 0 Å². The summed E-state index contributed by atoms with van der Waals surface area (Å²) in [7, 11) is 0. The standard InChI is InChI=1S/C50H34/c1-23-19-25(3)37(26(4)20-23)43-33-15-11-29-7-9-31-13-17-35-44(38-27(5)21-24(2)22-28(38)6)36-18-14-32-10-8-30-12-16-34(43)46-40(30)42(32)48(36)50-47(35)41(31)39(29)45(33)49(46)50/h7-22H,1-6H3. The smallest absolute Gasteiger partial charge is 0.0000476 e. The number of rotatable bonds is 2. The van der Waals surface area contributed by atoms with Gasteiger partial charge in [-0.3, -0.25) is 0 Å². The molecule has 0 nitrogen and oxygen atoms in total. The first-order valence-corrected chi connectivity index (χ1v) is 18.0. The first kappa shape index (κ1) is 27.1. The van der Waals surface area contributed by atoms with Crippen LogP contribution in [0.4, 0.5) is 0 Å². The van der Waals surface area contributed by atoms with Crippen molar-refractivity contribution in [1.29, 1.82) is 0 Å². The summed E-state index contributed by atoms with van der Waals surface area (Å²) in [6.07, 6.45) is 0. The lowest BCUT2D eigenvalue weighted by atomic mass is 9.73. The second-order valence-electron chi connectivity index (χ2n) is 15.5. The minimum Gasteiger partial charge on any atom is -0.0557 e. The van der Waals surface area contributed by atoms with E-state index in [0.29, 0.717) is 0 Å². The molecule has 0 spiro atoms. The summed E-state index contributed by atoms with van der Waals surface area (Å²) in [5.41, 5.74) is 13.6. The molecule has 12 aromatic carbocycles. The van der Waals surface area contributed by atoms with Gasteiger partial charge in [-0.2, -0.15) is 0 Å². The van der Waals surface area contributed by atoms with Crippen molar-refractivity contribution in [2.24, 2.45) is 0 Å². The molecule has 0 fully saturated rings. The molecular weight excluding hydrogens is 601 g/mol. The number of benzene rings is 12. The molecule has 0 amide bonds. The molecule has 0 saturated carbocycles. The minimum atomic E-state index is 1.32. The Morgan fingerprint density at radius 1 is 0.240 bits per heavy atom. The fourth-order valence-corrected chi connectivity index (χ4v) is 11.1. The molecule has 0 radical (unpaired) electrons. The van der Waals surface area contributed by atoms with Crippen LogP contribution in [-0.2, 0) is 0 Å². The molecule has 0 aliphatic heterocycles. The first-order valence-electron chi connectivity index (χ1n) is 18.0. The van der Waals surface area contributed by atoms with Gasteiger partial charge in [0.05, 0.1) is 0 Å². The van der Waals surface area contributed by atoms with Gasteiger partial charge in [-0.05, 0) is 183 Å². The Labute approximate surface area is 290 Å². The van der Waals surface area contributed by atoms with Crippen molar-refractivity contribution in [2.75, 3.05) is 0 Å². The predicted octanol–water partition coefficient (Wildman–Crippen LogP) is 14.4. The monoisotopic (exact) mass is 634 g/mol. The second-order valence-corrected chi connectivity index (χ2v) is 15.5. The van der Waals surface area contributed by atoms with Gasteiger partial charge >= 0.3 is 0 Å². The number of hydrogen-bond donors (Lipinski definition) is 0. The van der Waals surface area contributed by atoms with E-state index >= 15 is 0 Å². The maximum Gasteiger partial charge on any atom is -0.0000476 e. The van der Waals surface area contributed by atoms with Gasteiger partial charge in [0.15, 0.2) is 0 Å². The molecule has 0 atom stereocenters. The Hall–Kier alpha value is -5.72. The second kappa shape index (κ2) is 8.70.